The van der Waals surface area contributed by atoms with Crippen molar-refractivity contribution in [2.45, 2.75) is 39.2 Å². The number of halogens is 1. The first kappa shape index (κ1) is 13.7. The Kier molecular flexibility index (Phi) is 5.72. The molecule has 1 atom stereocenters. The predicted octanol–water partition coefficient (Wildman–Crippen LogP) is 3.59. The van der Waals surface area contributed by atoms with E-state index in [1.165, 1.54) is 6.07 Å². The van der Waals surface area contributed by atoms with Gasteiger partial charge in [0, 0.05) is 12.5 Å². The smallest absolute Gasteiger partial charge is 0.123 e. The molecule has 1 N–H and O–H groups in total. The third kappa shape index (κ3) is 4.20. The lowest BCUT2D eigenvalue weighted by Crippen LogP contribution is -2.22. The normalized spacial score (nSPS) is 12.1. The van der Waals surface area contributed by atoms with E-state index >= 15 is 0 Å². The van der Waals surface area contributed by atoms with E-state index in [4.69, 9.17) is 6.42 Å². The van der Waals surface area contributed by atoms with Gasteiger partial charge < -0.3 is 5.32 Å². The van der Waals surface area contributed by atoms with Crippen molar-refractivity contribution in [3.8, 4) is 12.3 Å². The highest BCUT2D eigenvalue weighted by molar-refractivity contribution is 5.29. The zero-order valence-electron chi connectivity index (χ0n) is 10.6. The van der Waals surface area contributed by atoms with Crippen LogP contribution in [0.3, 0.4) is 0 Å². The molecule has 0 aliphatic heterocycles. The van der Waals surface area contributed by atoms with Crippen LogP contribution >= 0.6 is 0 Å². The molecule has 0 fully saturated rings. The SMILES string of the molecule is C#CCCC(NCCC)c1ccc(F)cc1C. The number of hydrogen-bond donors (Lipinski definition) is 1. The fourth-order valence-corrected chi connectivity index (χ4v) is 1.94. The molecule has 0 aliphatic rings. The van der Waals surface area contributed by atoms with Crippen LogP contribution in [0.2, 0.25) is 0 Å². The van der Waals surface area contributed by atoms with Crippen molar-refractivity contribution in [1.82, 2.24) is 5.32 Å². The highest BCUT2D eigenvalue weighted by Gasteiger charge is 2.12. The highest BCUT2D eigenvalue weighted by Crippen LogP contribution is 2.22. The van der Waals surface area contributed by atoms with E-state index in [1.807, 2.05) is 13.0 Å². The highest BCUT2D eigenvalue weighted by atomic mass is 19.1. The maximum absolute atomic E-state index is 13.1. The number of terminal acetylenes is 1. The van der Waals surface area contributed by atoms with E-state index < -0.39 is 0 Å². The fraction of sp³-hybridized carbons (Fsp3) is 0.467. The Bertz CT molecular complexity index is 392. The molecule has 92 valence electrons. The summed E-state index contributed by atoms with van der Waals surface area (Å²) >= 11 is 0. The molecule has 0 saturated carbocycles. The minimum atomic E-state index is -0.183. The van der Waals surface area contributed by atoms with Crippen molar-refractivity contribution in [1.29, 1.82) is 0 Å². The monoisotopic (exact) mass is 233 g/mol. The van der Waals surface area contributed by atoms with Crippen molar-refractivity contribution >= 4 is 0 Å². The Morgan fingerprint density at radius 1 is 1.47 bits per heavy atom. The molecule has 2 heteroatoms. The first-order chi connectivity index (χ1) is 8.19. The van der Waals surface area contributed by atoms with Gasteiger partial charge in [0.25, 0.3) is 0 Å². The summed E-state index contributed by atoms with van der Waals surface area (Å²) in [6.45, 7) is 5.02. The second-order valence-corrected chi connectivity index (χ2v) is 4.25. The lowest BCUT2D eigenvalue weighted by Gasteiger charge is -2.20. The molecule has 17 heavy (non-hydrogen) atoms. The Labute approximate surface area is 103 Å². The topological polar surface area (TPSA) is 12.0 Å². The van der Waals surface area contributed by atoms with E-state index in [2.05, 4.69) is 18.2 Å². The number of nitrogens with one attached hydrogen (secondary N) is 1. The lowest BCUT2D eigenvalue weighted by molar-refractivity contribution is 0.502. The average molecular weight is 233 g/mol. The standard InChI is InChI=1S/C15H20FN/c1-4-6-7-15(17-10-5-2)14-9-8-13(16)11-12(14)3/h1,8-9,11,15,17H,5-7,10H2,2-3H3. The van der Waals surface area contributed by atoms with Crippen LogP contribution in [0.1, 0.15) is 43.4 Å². The quantitative estimate of drug-likeness (QED) is 0.740. The van der Waals surface area contributed by atoms with Gasteiger partial charge in [0.15, 0.2) is 0 Å². The van der Waals surface area contributed by atoms with E-state index in [-0.39, 0.29) is 11.9 Å². The molecule has 1 rings (SSSR count). The Hall–Kier alpha value is -1.33. The molecule has 1 aromatic rings. The van der Waals surface area contributed by atoms with Gasteiger partial charge in [-0.15, -0.1) is 12.3 Å². The Morgan fingerprint density at radius 2 is 2.24 bits per heavy atom. The van der Waals surface area contributed by atoms with Crippen molar-refractivity contribution in [3.63, 3.8) is 0 Å². The Morgan fingerprint density at radius 3 is 2.82 bits per heavy atom. The van der Waals surface area contributed by atoms with Gasteiger partial charge in [-0.25, -0.2) is 4.39 Å². The van der Waals surface area contributed by atoms with Crippen molar-refractivity contribution in [3.05, 3.63) is 35.1 Å². The third-order valence-corrected chi connectivity index (χ3v) is 2.83. The average Bonchev–Trinajstić information content (AvgIpc) is 2.30. The van der Waals surface area contributed by atoms with Gasteiger partial charge >= 0.3 is 0 Å². The molecule has 0 heterocycles. The summed E-state index contributed by atoms with van der Waals surface area (Å²) in [7, 11) is 0. The van der Waals surface area contributed by atoms with Crippen LogP contribution in [0.15, 0.2) is 18.2 Å². The first-order valence-corrected chi connectivity index (χ1v) is 6.12. The van der Waals surface area contributed by atoms with Gasteiger partial charge in [-0.05, 0) is 49.6 Å². The Balaban J connectivity index is 2.83. The predicted molar refractivity (Wildman–Crippen MR) is 70.2 cm³/mol. The molecule has 0 radical (unpaired) electrons. The molecular weight excluding hydrogens is 213 g/mol. The summed E-state index contributed by atoms with van der Waals surface area (Å²) in [5, 5.41) is 3.46. The van der Waals surface area contributed by atoms with Crippen LogP contribution in [0, 0.1) is 25.1 Å². The molecule has 0 bridgehead atoms. The summed E-state index contributed by atoms with van der Waals surface area (Å²) in [6, 6.07) is 5.17. The van der Waals surface area contributed by atoms with Crippen LogP contribution < -0.4 is 5.32 Å². The van der Waals surface area contributed by atoms with E-state index in [0.29, 0.717) is 0 Å². The van der Waals surface area contributed by atoms with Crippen molar-refractivity contribution in [2.24, 2.45) is 0 Å². The van der Waals surface area contributed by atoms with Crippen molar-refractivity contribution < 1.29 is 4.39 Å². The second-order valence-electron chi connectivity index (χ2n) is 4.25. The molecule has 0 spiro atoms. The van der Waals surface area contributed by atoms with E-state index in [1.54, 1.807) is 6.07 Å². The van der Waals surface area contributed by atoms with Gasteiger partial charge in [0.1, 0.15) is 5.82 Å². The molecular formula is C15H20FN. The number of hydrogen-bond acceptors (Lipinski definition) is 1. The molecule has 0 aliphatic carbocycles. The molecule has 0 amide bonds. The van der Waals surface area contributed by atoms with Crippen molar-refractivity contribution in [2.75, 3.05) is 6.54 Å². The molecule has 0 saturated heterocycles. The van der Waals surface area contributed by atoms with Crippen LogP contribution in [0.25, 0.3) is 0 Å². The van der Waals surface area contributed by atoms with Crippen LogP contribution in [0.4, 0.5) is 4.39 Å². The van der Waals surface area contributed by atoms with Crippen LogP contribution in [-0.2, 0) is 0 Å². The molecule has 1 nitrogen and oxygen atoms in total. The second kappa shape index (κ2) is 7.09. The van der Waals surface area contributed by atoms with Gasteiger partial charge in [-0.2, -0.15) is 0 Å². The van der Waals surface area contributed by atoms with Gasteiger partial charge in [0.05, 0.1) is 0 Å². The minimum Gasteiger partial charge on any atom is -0.310 e. The van der Waals surface area contributed by atoms with E-state index in [0.717, 1.165) is 36.9 Å². The maximum atomic E-state index is 13.1. The van der Waals surface area contributed by atoms with Gasteiger partial charge in [0.2, 0.25) is 0 Å². The number of benzene rings is 1. The molecule has 1 unspecified atom stereocenters. The largest absolute Gasteiger partial charge is 0.310 e. The maximum Gasteiger partial charge on any atom is 0.123 e. The zero-order chi connectivity index (χ0) is 12.7. The fourth-order valence-electron chi connectivity index (χ4n) is 1.94. The molecule has 1 aromatic carbocycles. The van der Waals surface area contributed by atoms with Gasteiger partial charge in [-0.3, -0.25) is 0 Å². The minimum absolute atomic E-state index is 0.183. The number of aryl methyl sites for hydroxylation is 1. The molecule has 0 aromatic heterocycles. The summed E-state index contributed by atoms with van der Waals surface area (Å²) in [5.41, 5.74) is 2.13. The first-order valence-electron chi connectivity index (χ1n) is 6.12. The summed E-state index contributed by atoms with van der Waals surface area (Å²) < 4.78 is 13.1. The summed E-state index contributed by atoms with van der Waals surface area (Å²) in [4.78, 5) is 0. The van der Waals surface area contributed by atoms with Gasteiger partial charge in [-0.1, -0.05) is 13.0 Å². The summed E-state index contributed by atoms with van der Waals surface area (Å²) in [5.74, 6) is 2.48. The third-order valence-electron chi connectivity index (χ3n) is 2.83. The van der Waals surface area contributed by atoms with Crippen LogP contribution in [-0.4, -0.2) is 6.54 Å². The zero-order valence-corrected chi connectivity index (χ0v) is 10.6. The van der Waals surface area contributed by atoms with E-state index in [9.17, 15) is 4.39 Å². The number of rotatable bonds is 6. The van der Waals surface area contributed by atoms with Crippen LogP contribution in [0.5, 0.6) is 0 Å². The summed E-state index contributed by atoms with van der Waals surface area (Å²) in [6.07, 6.45) is 8.01. The lowest BCUT2D eigenvalue weighted by atomic mass is 9.97.